The van der Waals surface area contributed by atoms with Gasteiger partial charge in [0, 0.05) is 5.56 Å². The maximum atomic E-state index is 13.7. The molecule has 0 aliphatic carbocycles. The van der Waals surface area contributed by atoms with E-state index in [0.717, 1.165) is 11.3 Å². The van der Waals surface area contributed by atoms with E-state index in [1.165, 1.54) is 6.07 Å². The summed E-state index contributed by atoms with van der Waals surface area (Å²) in [4.78, 5) is 12.5. The Morgan fingerprint density at radius 3 is 2.44 bits per heavy atom. The number of carbonyl (C=O) groups is 1. The van der Waals surface area contributed by atoms with Gasteiger partial charge in [0.2, 0.25) is 0 Å². The first-order chi connectivity index (χ1) is 12.1. The van der Waals surface area contributed by atoms with E-state index in [2.05, 4.69) is 5.32 Å². The number of nitrogens with two attached hydrogens (primary N) is 1. The second-order valence-electron chi connectivity index (χ2n) is 5.85. The summed E-state index contributed by atoms with van der Waals surface area (Å²) in [5.74, 6) is 0.0445. The van der Waals surface area contributed by atoms with E-state index >= 15 is 0 Å². The Labute approximate surface area is 145 Å². The minimum atomic E-state index is -0.450. The first-order valence-corrected chi connectivity index (χ1v) is 8.14. The van der Waals surface area contributed by atoms with Gasteiger partial charge in [0.25, 0.3) is 5.91 Å². The normalized spacial score (nSPS) is 13.2. The van der Waals surface area contributed by atoms with Gasteiger partial charge >= 0.3 is 0 Å². The molecule has 1 amide bonds. The predicted octanol–water partition coefficient (Wildman–Crippen LogP) is 3.10. The standard InChI is InChI=1S/C20H19FN2O2/c1-14(20(24)23-17-11-6-5-10-16(17)21)22-19(18-12-7-13-25-18)15-8-3-2-4-9-15/h2-14,19,22H,1H3,(H,23,24)/p+1/t14-,19+/m0/s1. The highest BCUT2D eigenvalue weighted by Crippen LogP contribution is 2.19. The second-order valence-corrected chi connectivity index (χ2v) is 5.85. The van der Waals surface area contributed by atoms with Crippen molar-refractivity contribution < 1.29 is 18.9 Å². The Hall–Kier alpha value is -2.92. The van der Waals surface area contributed by atoms with Crippen LogP contribution in [0.5, 0.6) is 0 Å². The number of carbonyl (C=O) groups excluding carboxylic acids is 1. The third-order valence-electron chi connectivity index (χ3n) is 4.03. The summed E-state index contributed by atoms with van der Waals surface area (Å²) in [6.45, 7) is 1.79. The van der Waals surface area contributed by atoms with Gasteiger partial charge in [-0.25, -0.2) is 4.39 Å². The Kier molecular flexibility index (Phi) is 5.26. The number of nitrogens with one attached hydrogen (secondary N) is 1. The monoisotopic (exact) mass is 339 g/mol. The SMILES string of the molecule is C[C@H]([NH2+][C@H](c1ccccc1)c1ccco1)C(=O)Nc1ccccc1F. The summed E-state index contributed by atoms with van der Waals surface area (Å²) in [7, 11) is 0. The number of anilines is 1. The molecule has 0 saturated heterocycles. The van der Waals surface area contributed by atoms with Crippen molar-refractivity contribution in [3.05, 3.63) is 90.1 Å². The van der Waals surface area contributed by atoms with Crippen LogP contribution in [0.25, 0.3) is 0 Å². The Bertz CT molecular complexity index is 819. The van der Waals surface area contributed by atoms with Crippen molar-refractivity contribution in [2.75, 3.05) is 5.32 Å². The molecular weight excluding hydrogens is 319 g/mol. The van der Waals surface area contributed by atoms with Crippen molar-refractivity contribution in [3.8, 4) is 0 Å². The van der Waals surface area contributed by atoms with Gasteiger partial charge in [-0.1, -0.05) is 42.5 Å². The topological polar surface area (TPSA) is 58.9 Å². The van der Waals surface area contributed by atoms with E-state index in [1.54, 1.807) is 31.4 Å². The second kappa shape index (κ2) is 7.77. The van der Waals surface area contributed by atoms with E-state index in [-0.39, 0.29) is 17.6 Å². The Balaban J connectivity index is 1.75. The van der Waals surface area contributed by atoms with Gasteiger partial charge in [-0.3, -0.25) is 4.79 Å². The predicted molar refractivity (Wildman–Crippen MR) is 93.4 cm³/mol. The van der Waals surface area contributed by atoms with Crippen LogP contribution >= 0.6 is 0 Å². The number of para-hydroxylation sites is 1. The number of furan rings is 1. The maximum Gasteiger partial charge on any atom is 0.282 e. The van der Waals surface area contributed by atoms with Crippen molar-refractivity contribution in [1.82, 2.24) is 0 Å². The molecule has 3 aromatic rings. The Morgan fingerprint density at radius 2 is 1.76 bits per heavy atom. The molecule has 1 aromatic heterocycles. The van der Waals surface area contributed by atoms with Gasteiger partial charge in [0.1, 0.15) is 5.82 Å². The van der Waals surface area contributed by atoms with Crippen LogP contribution in [-0.4, -0.2) is 11.9 Å². The van der Waals surface area contributed by atoms with Crippen LogP contribution in [0, 0.1) is 5.82 Å². The molecule has 2 aromatic carbocycles. The molecule has 3 N–H and O–H groups in total. The highest BCUT2D eigenvalue weighted by molar-refractivity contribution is 5.93. The van der Waals surface area contributed by atoms with E-state index < -0.39 is 11.9 Å². The van der Waals surface area contributed by atoms with Gasteiger partial charge in [0.15, 0.2) is 17.8 Å². The first-order valence-electron chi connectivity index (χ1n) is 8.14. The summed E-state index contributed by atoms with van der Waals surface area (Å²) in [6, 6.07) is 19.1. The average molecular weight is 339 g/mol. The number of rotatable bonds is 6. The van der Waals surface area contributed by atoms with Crippen molar-refractivity contribution in [3.63, 3.8) is 0 Å². The van der Waals surface area contributed by atoms with Gasteiger partial charge in [-0.05, 0) is 31.2 Å². The molecule has 5 heteroatoms. The highest BCUT2D eigenvalue weighted by Gasteiger charge is 2.27. The number of hydrogen-bond donors (Lipinski definition) is 2. The lowest BCUT2D eigenvalue weighted by Crippen LogP contribution is -2.92. The van der Waals surface area contributed by atoms with E-state index in [1.807, 2.05) is 47.8 Å². The third kappa shape index (κ3) is 4.14. The van der Waals surface area contributed by atoms with E-state index in [0.29, 0.717) is 0 Å². The smallest absolute Gasteiger partial charge is 0.282 e. The molecule has 128 valence electrons. The molecule has 0 unspecified atom stereocenters. The fourth-order valence-corrected chi connectivity index (χ4v) is 2.68. The lowest BCUT2D eigenvalue weighted by molar-refractivity contribution is -0.706. The molecule has 2 atom stereocenters. The zero-order chi connectivity index (χ0) is 17.6. The largest absolute Gasteiger partial charge is 0.463 e. The van der Waals surface area contributed by atoms with Crippen molar-refractivity contribution in [1.29, 1.82) is 0 Å². The summed E-state index contributed by atoms with van der Waals surface area (Å²) in [5, 5.41) is 4.54. The van der Waals surface area contributed by atoms with Crippen LogP contribution in [0.15, 0.2) is 77.4 Å². The molecule has 25 heavy (non-hydrogen) atoms. The molecule has 0 spiro atoms. The van der Waals surface area contributed by atoms with Crippen LogP contribution in [-0.2, 0) is 4.79 Å². The van der Waals surface area contributed by atoms with Gasteiger partial charge in [-0.15, -0.1) is 0 Å². The summed E-state index contributed by atoms with van der Waals surface area (Å²) >= 11 is 0. The first kappa shape index (κ1) is 16.9. The molecular formula is C20H20FN2O2+. The molecule has 0 aliphatic rings. The van der Waals surface area contributed by atoms with Crippen molar-refractivity contribution in [2.45, 2.75) is 19.0 Å². The van der Waals surface area contributed by atoms with Gasteiger partial charge in [0.05, 0.1) is 12.0 Å². The minimum Gasteiger partial charge on any atom is -0.463 e. The third-order valence-corrected chi connectivity index (χ3v) is 4.03. The summed E-state index contributed by atoms with van der Waals surface area (Å²) < 4.78 is 19.3. The maximum absolute atomic E-state index is 13.7. The fourth-order valence-electron chi connectivity index (χ4n) is 2.68. The Morgan fingerprint density at radius 1 is 1.04 bits per heavy atom. The lowest BCUT2D eigenvalue weighted by Gasteiger charge is -2.19. The fraction of sp³-hybridized carbons (Fsp3) is 0.150. The van der Waals surface area contributed by atoms with Crippen LogP contribution in [0.2, 0.25) is 0 Å². The quantitative estimate of drug-likeness (QED) is 0.725. The number of quaternary nitrogens is 1. The molecule has 1 heterocycles. The van der Waals surface area contributed by atoms with Crippen LogP contribution in [0.1, 0.15) is 24.3 Å². The zero-order valence-corrected chi connectivity index (χ0v) is 13.9. The average Bonchev–Trinajstić information content (AvgIpc) is 3.16. The molecule has 4 nitrogen and oxygen atoms in total. The summed E-state index contributed by atoms with van der Waals surface area (Å²) in [6.07, 6.45) is 1.61. The summed E-state index contributed by atoms with van der Waals surface area (Å²) in [5.41, 5.74) is 1.21. The molecule has 0 bridgehead atoms. The number of benzene rings is 2. The van der Waals surface area contributed by atoms with Crippen molar-refractivity contribution in [2.24, 2.45) is 0 Å². The van der Waals surface area contributed by atoms with Crippen LogP contribution in [0.3, 0.4) is 0 Å². The molecule has 0 aliphatic heterocycles. The van der Waals surface area contributed by atoms with Gasteiger partial charge < -0.3 is 15.1 Å². The van der Waals surface area contributed by atoms with Crippen molar-refractivity contribution >= 4 is 11.6 Å². The highest BCUT2D eigenvalue weighted by atomic mass is 19.1. The molecule has 0 fully saturated rings. The zero-order valence-electron chi connectivity index (χ0n) is 13.9. The molecule has 0 saturated carbocycles. The molecule has 3 rings (SSSR count). The minimum absolute atomic E-state index is 0.155. The van der Waals surface area contributed by atoms with Crippen LogP contribution in [0.4, 0.5) is 10.1 Å². The van der Waals surface area contributed by atoms with Crippen LogP contribution < -0.4 is 10.6 Å². The number of halogens is 1. The van der Waals surface area contributed by atoms with E-state index in [4.69, 9.17) is 4.42 Å². The van der Waals surface area contributed by atoms with E-state index in [9.17, 15) is 9.18 Å². The lowest BCUT2D eigenvalue weighted by atomic mass is 10.0. The number of hydrogen-bond acceptors (Lipinski definition) is 2. The number of amides is 1. The van der Waals surface area contributed by atoms with Gasteiger partial charge in [-0.2, -0.15) is 0 Å². The molecule has 0 radical (unpaired) electrons.